The Bertz CT molecular complexity index is 1700. The fourth-order valence-corrected chi connectivity index (χ4v) is 4.54. The first-order valence-electron chi connectivity index (χ1n) is 12.4. The van der Waals surface area contributed by atoms with Crippen molar-refractivity contribution in [1.29, 1.82) is 0 Å². The summed E-state index contributed by atoms with van der Waals surface area (Å²) < 4.78 is 49.8. The van der Waals surface area contributed by atoms with Crippen LogP contribution in [0.3, 0.4) is 0 Å². The number of aromatic nitrogens is 4. The van der Waals surface area contributed by atoms with E-state index in [9.17, 15) is 18.0 Å². The van der Waals surface area contributed by atoms with Crippen LogP contribution in [0.5, 0.6) is 11.6 Å². The Kier molecular flexibility index (Phi) is 7.47. The van der Waals surface area contributed by atoms with Gasteiger partial charge in [-0.2, -0.15) is 18.3 Å². The first-order chi connectivity index (χ1) is 19.7. The number of carbonyl (C=O) groups excluding carboxylic acids is 1. The zero-order valence-electron chi connectivity index (χ0n) is 22.0. The number of amides is 1. The van der Waals surface area contributed by atoms with Crippen LogP contribution in [0.15, 0.2) is 67.0 Å². The molecule has 3 aromatic heterocycles. The molecule has 5 aromatic rings. The standard InChI is InChI=1S/C29H25F3N6O3/c1-40-20-9-5-16(6-10-20)11-21-22(15-34-27-25(21)26(33)37-38-27)18-7-3-17(4-8-18)12-24(39)36-19-13-23(29(30,31)32)28(41-2)35-14-19/h3-10,13-15H,11-12H2,1-2H3,(H,36,39)(H3,33,34,37,38). The molecule has 0 atom stereocenters. The number of ether oxygens (including phenoxy) is 2. The quantitative estimate of drug-likeness (QED) is 0.231. The summed E-state index contributed by atoms with van der Waals surface area (Å²) in [6, 6.07) is 15.8. The summed E-state index contributed by atoms with van der Waals surface area (Å²) >= 11 is 0. The fraction of sp³-hybridized carbons (Fsp3) is 0.172. The van der Waals surface area contributed by atoms with E-state index in [-0.39, 0.29) is 12.1 Å². The molecule has 5 rings (SSSR count). The maximum absolute atomic E-state index is 13.3. The molecule has 0 unspecified atom stereocenters. The van der Waals surface area contributed by atoms with E-state index in [0.29, 0.717) is 23.4 Å². The van der Waals surface area contributed by atoms with Crippen molar-refractivity contribution in [3.8, 4) is 22.8 Å². The van der Waals surface area contributed by atoms with E-state index in [2.05, 4.69) is 30.2 Å². The summed E-state index contributed by atoms with van der Waals surface area (Å²) in [7, 11) is 2.71. The normalized spacial score (nSPS) is 11.4. The van der Waals surface area contributed by atoms with Crippen molar-refractivity contribution in [3.63, 3.8) is 0 Å². The van der Waals surface area contributed by atoms with Crippen LogP contribution < -0.4 is 20.5 Å². The molecule has 0 fully saturated rings. The van der Waals surface area contributed by atoms with Gasteiger partial charge in [-0.15, -0.1) is 0 Å². The van der Waals surface area contributed by atoms with Gasteiger partial charge < -0.3 is 20.5 Å². The van der Waals surface area contributed by atoms with Gasteiger partial charge in [0.15, 0.2) is 11.5 Å². The highest BCUT2D eigenvalue weighted by Crippen LogP contribution is 2.36. The minimum absolute atomic E-state index is 0.0572. The second kappa shape index (κ2) is 11.2. The highest BCUT2D eigenvalue weighted by Gasteiger charge is 2.35. The maximum atomic E-state index is 13.3. The monoisotopic (exact) mass is 562 g/mol. The van der Waals surface area contributed by atoms with E-state index in [0.717, 1.165) is 52.8 Å². The number of nitrogens with one attached hydrogen (secondary N) is 2. The van der Waals surface area contributed by atoms with Crippen molar-refractivity contribution in [2.24, 2.45) is 0 Å². The molecule has 2 aromatic carbocycles. The lowest BCUT2D eigenvalue weighted by Crippen LogP contribution is -2.16. The molecule has 41 heavy (non-hydrogen) atoms. The number of hydrogen-bond acceptors (Lipinski definition) is 7. The maximum Gasteiger partial charge on any atom is 0.421 e. The van der Waals surface area contributed by atoms with Crippen molar-refractivity contribution in [3.05, 3.63) is 89.2 Å². The van der Waals surface area contributed by atoms with E-state index in [1.807, 2.05) is 36.4 Å². The molecule has 9 nitrogen and oxygen atoms in total. The molecule has 0 aliphatic carbocycles. The van der Waals surface area contributed by atoms with Gasteiger partial charge in [-0.3, -0.25) is 9.89 Å². The Morgan fingerprint density at radius 1 is 0.976 bits per heavy atom. The molecule has 1 amide bonds. The third-order valence-corrected chi connectivity index (χ3v) is 6.53. The van der Waals surface area contributed by atoms with Crippen LogP contribution in [0.2, 0.25) is 0 Å². The number of carbonyl (C=O) groups is 1. The summed E-state index contributed by atoms with van der Waals surface area (Å²) in [6.45, 7) is 0. The van der Waals surface area contributed by atoms with Crippen molar-refractivity contribution < 1.29 is 27.4 Å². The lowest BCUT2D eigenvalue weighted by Gasteiger charge is -2.13. The third kappa shape index (κ3) is 5.91. The van der Waals surface area contributed by atoms with E-state index in [1.165, 1.54) is 0 Å². The molecule has 0 bridgehead atoms. The van der Waals surface area contributed by atoms with E-state index < -0.39 is 23.5 Å². The topological polar surface area (TPSA) is 128 Å². The number of nitrogens with two attached hydrogens (primary N) is 1. The Balaban J connectivity index is 1.37. The van der Waals surface area contributed by atoms with Gasteiger partial charge in [-0.25, -0.2) is 9.97 Å². The van der Waals surface area contributed by atoms with Crippen LogP contribution in [0.25, 0.3) is 22.2 Å². The first-order valence-corrected chi connectivity index (χ1v) is 12.4. The van der Waals surface area contributed by atoms with Gasteiger partial charge in [0.1, 0.15) is 11.3 Å². The molecular formula is C29H25F3N6O3. The number of pyridine rings is 2. The van der Waals surface area contributed by atoms with Crippen molar-refractivity contribution in [2.45, 2.75) is 19.0 Å². The molecule has 0 aliphatic rings. The number of rotatable bonds is 8. The third-order valence-electron chi connectivity index (χ3n) is 6.53. The summed E-state index contributed by atoms with van der Waals surface area (Å²) in [6.07, 6.45) is -1.32. The van der Waals surface area contributed by atoms with Crippen molar-refractivity contribution in [2.75, 3.05) is 25.3 Å². The van der Waals surface area contributed by atoms with Crippen LogP contribution in [-0.4, -0.2) is 40.3 Å². The zero-order chi connectivity index (χ0) is 29.1. The molecule has 4 N–H and O–H groups in total. The number of alkyl halides is 3. The smallest absolute Gasteiger partial charge is 0.421 e. The Hall–Kier alpha value is -5.13. The highest BCUT2D eigenvalue weighted by molar-refractivity contribution is 5.95. The molecule has 0 saturated carbocycles. The second-order valence-electron chi connectivity index (χ2n) is 9.21. The predicted octanol–water partition coefficient (Wildman–Crippen LogP) is 5.41. The van der Waals surface area contributed by atoms with Gasteiger partial charge in [-0.1, -0.05) is 36.4 Å². The number of H-pyrrole nitrogens is 1. The number of methoxy groups -OCH3 is 2. The second-order valence-corrected chi connectivity index (χ2v) is 9.21. The number of anilines is 2. The lowest BCUT2D eigenvalue weighted by molar-refractivity contribution is -0.139. The number of hydrogen-bond donors (Lipinski definition) is 3. The molecule has 210 valence electrons. The van der Waals surface area contributed by atoms with Crippen LogP contribution >= 0.6 is 0 Å². The largest absolute Gasteiger partial charge is 0.497 e. The summed E-state index contributed by atoms with van der Waals surface area (Å²) in [5, 5.41) is 10.2. The number of benzene rings is 2. The average Bonchev–Trinajstić information content (AvgIpc) is 3.34. The predicted molar refractivity (Wildman–Crippen MR) is 148 cm³/mol. The SMILES string of the molecule is COc1ccc(Cc2c(-c3ccc(CC(=O)Nc4cnc(OC)c(C(F)(F)F)c4)cc3)cnc3[nH]nc(N)c23)cc1. The number of fused-ring (bicyclic) bond motifs is 1. The van der Waals surface area contributed by atoms with E-state index in [1.54, 1.807) is 25.4 Å². The minimum atomic E-state index is -4.68. The number of halogens is 3. The van der Waals surface area contributed by atoms with Gasteiger partial charge in [0.05, 0.1) is 37.9 Å². The van der Waals surface area contributed by atoms with Crippen LogP contribution in [0.4, 0.5) is 24.7 Å². The van der Waals surface area contributed by atoms with Gasteiger partial charge in [0, 0.05) is 11.8 Å². The fourth-order valence-electron chi connectivity index (χ4n) is 4.54. The van der Waals surface area contributed by atoms with Crippen molar-refractivity contribution in [1.82, 2.24) is 20.2 Å². The van der Waals surface area contributed by atoms with Gasteiger partial charge in [-0.05, 0) is 46.9 Å². The van der Waals surface area contributed by atoms with Gasteiger partial charge in [0.25, 0.3) is 0 Å². The number of nitrogen functional groups attached to an aromatic ring is 1. The van der Waals surface area contributed by atoms with Crippen LogP contribution in [0, 0.1) is 0 Å². The summed E-state index contributed by atoms with van der Waals surface area (Å²) in [5.74, 6) is 0.0304. The zero-order valence-corrected chi connectivity index (χ0v) is 22.0. The molecule has 0 spiro atoms. The first kappa shape index (κ1) is 27.4. The van der Waals surface area contributed by atoms with E-state index in [4.69, 9.17) is 10.5 Å². The molecular weight excluding hydrogens is 537 g/mol. The number of aromatic amines is 1. The Labute approximate surface area is 232 Å². The Morgan fingerprint density at radius 3 is 2.34 bits per heavy atom. The van der Waals surface area contributed by atoms with Crippen LogP contribution in [0.1, 0.15) is 22.3 Å². The van der Waals surface area contributed by atoms with Gasteiger partial charge in [0.2, 0.25) is 11.8 Å². The summed E-state index contributed by atoms with van der Waals surface area (Å²) in [4.78, 5) is 20.8. The van der Waals surface area contributed by atoms with E-state index >= 15 is 0 Å². The van der Waals surface area contributed by atoms with Crippen LogP contribution in [-0.2, 0) is 23.8 Å². The highest BCUT2D eigenvalue weighted by atomic mass is 19.4. The molecule has 3 heterocycles. The lowest BCUT2D eigenvalue weighted by atomic mass is 9.93. The molecule has 0 radical (unpaired) electrons. The molecule has 0 aliphatic heterocycles. The average molecular weight is 563 g/mol. The van der Waals surface area contributed by atoms with Crippen molar-refractivity contribution >= 4 is 28.4 Å². The van der Waals surface area contributed by atoms with Gasteiger partial charge >= 0.3 is 6.18 Å². The number of nitrogens with zero attached hydrogens (tertiary/aromatic N) is 3. The molecule has 0 saturated heterocycles. The minimum Gasteiger partial charge on any atom is -0.497 e. The molecule has 12 heteroatoms. The Morgan fingerprint density at radius 2 is 1.68 bits per heavy atom. The summed E-state index contributed by atoms with van der Waals surface area (Å²) in [5.41, 5.74) is 9.95.